The Balaban J connectivity index is 2.26. The van der Waals surface area contributed by atoms with Crippen LogP contribution in [0.4, 0.5) is 0 Å². The van der Waals surface area contributed by atoms with E-state index < -0.39 is 10.8 Å². The van der Waals surface area contributed by atoms with E-state index in [0.717, 1.165) is 17.7 Å². The lowest BCUT2D eigenvalue weighted by Crippen LogP contribution is -2.13. The summed E-state index contributed by atoms with van der Waals surface area (Å²) < 4.78 is 14.4. The maximum absolute atomic E-state index is 12.5. The summed E-state index contributed by atoms with van der Waals surface area (Å²) in [6.07, 6.45) is 7.23. The van der Waals surface area contributed by atoms with Gasteiger partial charge in [-0.3, -0.25) is 4.21 Å². The van der Waals surface area contributed by atoms with Gasteiger partial charge >= 0.3 is 0 Å². The minimum absolute atomic E-state index is 0.0232. The van der Waals surface area contributed by atoms with Crippen LogP contribution in [0.1, 0.15) is 25.1 Å². The summed E-state index contributed by atoms with van der Waals surface area (Å²) in [5, 5.41) is -0.0232. The van der Waals surface area contributed by atoms with Crippen molar-refractivity contribution in [3.05, 3.63) is 49.1 Å². The van der Waals surface area contributed by atoms with Crippen molar-refractivity contribution in [2.24, 2.45) is 0 Å². The Hall–Kier alpha value is -1.42. The molecule has 4 heteroatoms. The van der Waals surface area contributed by atoms with Crippen molar-refractivity contribution in [2.75, 3.05) is 0 Å². The van der Waals surface area contributed by atoms with E-state index in [1.807, 2.05) is 41.1 Å². The largest absolute Gasteiger partial charge is 0.322 e. The molecule has 90 valence electrons. The van der Waals surface area contributed by atoms with Crippen LogP contribution in [-0.4, -0.2) is 13.8 Å². The zero-order valence-corrected chi connectivity index (χ0v) is 10.6. The molecule has 2 atom stereocenters. The average molecular weight is 248 g/mol. The van der Waals surface area contributed by atoms with Crippen molar-refractivity contribution in [2.45, 2.75) is 30.0 Å². The van der Waals surface area contributed by atoms with Gasteiger partial charge in [0.05, 0.1) is 17.1 Å². The zero-order chi connectivity index (χ0) is 12.1. The third-order valence-corrected chi connectivity index (χ3v) is 4.33. The van der Waals surface area contributed by atoms with Gasteiger partial charge in [-0.2, -0.15) is 0 Å². The van der Waals surface area contributed by atoms with E-state index in [4.69, 9.17) is 0 Å². The van der Waals surface area contributed by atoms with Crippen molar-refractivity contribution >= 4 is 10.8 Å². The molecule has 0 N–H and O–H groups in total. The second-order valence-corrected chi connectivity index (χ2v) is 5.47. The van der Waals surface area contributed by atoms with Crippen molar-refractivity contribution < 1.29 is 4.21 Å². The number of rotatable bonds is 5. The minimum Gasteiger partial charge on any atom is -0.322 e. The van der Waals surface area contributed by atoms with E-state index >= 15 is 0 Å². The summed E-state index contributed by atoms with van der Waals surface area (Å²) >= 11 is 0. The molecule has 0 saturated heterocycles. The molecule has 1 aromatic heterocycles. The predicted molar refractivity (Wildman–Crippen MR) is 69.0 cm³/mol. The first-order chi connectivity index (χ1) is 8.33. The Labute approximate surface area is 104 Å². The Kier molecular flexibility index (Phi) is 4.09. The lowest BCUT2D eigenvalue weighted by atomic mass is 10.3. The molecule has 2 rings (SSSR count). The van der Waals surface area contributed by atoms with Crippen molar-refractivity contribution in [3.63, 3.8) is 0 Å². The Morgan fingerprint density at radius 3 is 2.71 bits per heavy atom. The van der Waals surface area contributed by atoms with Crippen LogP contribution >= 0.6 is 0 Å². The quantitative estimate of drug-likeness (QED) is 0.815. The van der Waals surface area contributed by atoms with Gasteiger partial charge in [-0.1, -0.05) is 31.5 Å². The maximum Gasteiger partial charge on any atom is 0.114 e. The Morgan fingerprint density at radius 2 is 2.12 bits per heavy atom. The van der Waals surface area contributed by atoms with Gasteiger partial charge in [0.15, 0.2) is 0 Å². The van der Waals surface area contributed by atoms with Crippen LogP contribution in [0.5, 0.6) is 0 Å². The highest BCUT2D eigenvalue weighted by atomic mass is 32.2. The first-order valence-corrected chi connectivity index (χ1v) is 6.97. The second kappa shape index (κ2) is 5.77. The fourth-order valence-electron chi connectivity index (χ4n) is 1.77. The van der Waals surface area contributed by atoms with E-state index in [9.17, 15) is 4.21 Å². The van der Waals surface area contributed by atoms with Crippen LogP contribution in [0.3, 0.4) is 0 Å². The number of hydrogen-bond acceptors (Lipinski definition) is 2. The highest BCUT2D eigenvalue weighted by molar-refractivity contribution is 7.85. The maximum atomic E-state index is 12.5. The van der Waals surface area contributed by atoms with Crippen LogP contribution in [0.15, 0.2) is 53.9 Å². The molecule has 0 radical (unpaired) electrons. The summed E-state index contributed by atoms with van der Waals surface area (Å²) in [6, 6.07) is 9.60. The third kappa shape index (κ3) is 2.82. The standard InChI is InChI=1S/C13H16N2OS/c1-2-6-13(15-10-9-14-11-15)17(16)12-7-4-3-5-8-12/h3-5,7-11,13H,2,6H2,1H3. The molecule has 2 aromatic rings. The van der Waals surface area contributed by atoms with Gasteiger partial charge in [-0.25, -0.2) is 4.98 Å². The molecule has 2 unspecified atom stereocenters. The minimum atomic E-state index is -1.03. The molecule has 0 fully saturated rings. The van der Waals surface area contributed by atoms with Gasteiger partial charge in [-0.05, 0) is 18.6 Å². The highest BCUT2D eigenvalue weighted by Crippen LogP contribution is 2.23. The first kappa shape index (κ1) is 12.0. The number of aromatic nitrogens is 2. The molecule has 1 heterocycles. The van der Waals surface area contributed by atoms with Crippen LogP contribution < -0.4 is 0 Å². The number of hydrogen-bond donors (Lipinski definition) is 0. The van der Waals surface area contributed by atoms with E-state index in [-0.39, 0.29) is 5.37 Å². The van der Waals surface area contributed by atoms with Gasteiger partial charge in [-0.15, -0.1) is 0 Å². The summed E-state index contributed by atoms with van der Waals surface area (Å²) in [5.74, 6) is 0. The van der Waals surface area contributed by atoms with E-state index in [2.05, 4.69) is 11.9 Å². The lowest BCUT2D eigenvalue weighted by Gasteiger charge is -2.17. The molecule has 0 amide bonds. The van der Waals surface area contributed by atoms with Gasteiger partial charge in [0.2, 0.25) is 0 Å². The van der Waals surface area contributed by atoms with Crippen LogP contribution in [0, 0.1) is 0 Å². The summed E-state index contributed by atoms with van der Waals surface area (Å²) in [7, 11) is -1.03. The third-order valence-electron chi connectivity index (χ3n) is 2.62. The van der Waals surface area contributed by atoms with E-state index in [0.29, 0.717) is 0 Å². The molecule has 0 aliphatic heterocycles. The molecule has 3 nitrogen and oxygen atoms in total. The van der Waals surface area contributed by atoms with Crippen molar-refractivity contribution in [3.8, 4) is 0 Å². The van der Waals surface area contributed by atoms with Crippen LogP contribution in [-0.2, 0) is 10.8 Å². The SMILES string of the molecule is CCCC(n1ccnc1)S(=O)c1ccccc1. The monoisotopic (exact) mass is 248 g/mol. The fourth-order valence-corrected chi connectivity index (χ4v) is 3.30. The molecule has 0 saturated carbocycles. The van der Waals surface area contributed by atoms with Gasteiger partial charge in [0.1, 0.15) is 5.37 Å². The van der Waals surface area contributed by atoms with Crippen LogP contribution in [0.25, 0.3) is 0 Å². The van der Waals surface area contributed by atoms with Gasteiger partial charge < -0.3 is 4.57 Å². The zero-order valence-electron chi connectivity index (χ0n) is 9.82. The normalized spacial score (nSPS) is 14.4. The first-order valence-electron chi connectivity index (χ1n) is 5.76. The number of imidazole rings is 1. The predicted octanol–water partition coefficient (Wildman–Crippen LogP) is 2.99. The summed E-state index contributed by atoms with van der Waals surface area (Å²) in [4.78, 5) is 4.90. The van der Waals surface area contributed by atoms with Crippen molar-refractivity contribution in [1.29, 1.82) is 0 Å². The van der Waals surface area contributed by atoms with E-state index in [1.54, 1.807) is 12.5 Å². The molecule has 0 bridgehead atoms. The Bertz CT molecular complexity index is 467. The second-order valence-electron chi connectivity index (χ2n) is 3.86. The molecule has 0 aliphatic rings. The molecule has 17 heavy (non-hydrogen) atoms. The smallest absolute Gasteiger partial charge is 0.114 e. The van der Waals surface area contributed by atoms with Gasteiger partial charge in [0, 0.05) is 17.3 Å². The summed E-state index contributed by atoms with van der Waals surface area (Å²) in [6.45, 7) is 2.10. The fraction of sp³-hybridized carbons (Fsp3) is 0.308. The topological polar surface area (TPSA) is 34.9 Å². The average Bonchev–Trinajstić information content (AvgIpc) is 2.90. The molecular weight excluding hydrogens is 232 g/mol. The summed E-state index contributed by atoms with van der Waals surface area (Å²) in [5.41, 5.74) is 0. The number of nitrogens with zero attached hydrogens (tertiary/aromatic N) is 2. The van der Waals surface area contributed by atoms with E-state index in [1.165, 1.54) is 0 Å². The molecule has 1 aromatic carbocycles. The Morgan fingerprint density at radius 1 is 1.35 bits per heavy atom. The number of benzene rings is 1. The van der Waals surface area contributed by atoms with Gasteiger partial charge in [0.25, 0.3) is 0 Å². The highest BCUT2D eigenvalue weighted by Gasteiger charge is 2.18. The van der Waals surface area contributed by atoms with Crippen molar-refractivity contribution in [1.82, 2.24) is 9.55 Å². The van der Waals surface area contributed by atoms with Crippen LogP contribution in [0.2, 0.25) is 0 Å². The molecular formula is C13H16N2OS. The molecule has 0 spiro atoms. The molecule has 0 aliphatic carbocycles. The lowest BCUT2D eigenvalue weighted by molar-refractivity contribution is 0.577.